The van der Waals surface area contributed by atoms with Gasteiger partial charge < -0.3 is 23.8 Å². The number of ether oxygens (including phenoxy) is 2. The standard InChI is InChI=1S/C26H31N2O2S.C7H8O3S/c1-27(2)20-9-7-11-23(17-20)31(24-12-8-10-21(18-24)28(3)4)26-14-6-5-13-25(26)30-22-15-16-29-19-22;1-6-2-4-7(5-3-6)11(8,9)10/h5-14,17-18,22H,15-16,19H2,1-4H3;2-5H,1H3,(H,8,9,10)/q+1;/p-1. The summed E-state index contributed by atoms with van der Waals surface area (Å²) in [6, 6.07) is 31.9. The van der Waals surface area contributed by atoms with Crippen molar-refractivity contribution >= 4 is 32.4 Å². The number of hydrogen-bond acceptors (Lipinski definition) is 7. The van der Waals surface area contributed by atoms with Gasteiger partial charge in [0.15, 0.2) is 15.5 Å². The van der Waals surface area contributed by atoms with Crippen molar-refractivity contribution in [3.05, 3.63) is 103 Å². The van der Waals surface area contributed by atoms with E-state index in [1.165, 1.54) is 38.2 Å². The Bertz CT molecular complexity index is 1520. The predicted molar refractivity (Wildman–Crippen MR) is 169 cm³/mol. The minimum Gasteiger partial charge on any atom is -0.744 e. The van der Waals surface area contributed by atoms with Crippen LogP contribution < -0.4 is 14.5 Å². The first kappa shape index (κ1) is 31.4. The Morgan fingerprint density at radius 2 is 1.38 bits per heavy atom. The molecule has 1 fully saturated rings. The molecule has 5 rings (SSSR count). The van der Waals surface area contributed by atoms with Crippen LogP contribution in [0.15, 0.2) is 117 Å². The SMILES string of the molecule is CN(C)c1cccc([S+](c2cccc(N(C)C)c2)c2ccccc2OC2CCOC2)c1.Cc1ccc(S(=O)(=O)[O-])cc1. The molecule has 42 heavy (non-hydrogen) atoms. The molecule has 0 aliphatic carbocycles. The second kappa shape index (κ2) is 14.1. The van der Waals surface area contributed by atoms with E-state index in [2.05, 4.69) is 111 Å². The van der Waals surface area contributed by atoms with Gasteiger partial charge in [-0.05, 0) is 55.5 Å². The van der Waals surface area contributed by atoms with Crippen LogP contribution in [0, 0.1) is 6.92 Å². The highest BCUT2D eigenvalue weighted by Gasteiger charge is 2.34. The topological polar surface area (TPSA) is 82.1 Å². The first-order valence-electron chi connectivity index (χ1n) is 13.7. The summed E-state index contributed by atoms with van der Waals surface area (Å²) in [6.45, 7) is 3.25. The van der Waals surface area contributed by atoms with Gasteiger partial charge in [0.2, 0.25) is 4.90 Å². The zero-order valence-corrected chi connectivity index (χ0v) is 26.3. The quantitative estimate of drug-likeness (QED) is 0.180. The molecule has 1 unspecified atom stereocenters. The van der Waals surface area contributed by atoms with Crippen LogP contribution in [0.5, 0.6) is 5.75 Å². The third-order valence-corrected chi connectivity index (χ3v) is 9.78. The van der Waals surface area contributed by atoms with Crippen molar-refractivity contribution in [2.24, 2.45) is 0 Å². The van der Waals surface area contributed by atoms with Crippen molar-refractivity contribution in [3.8, 4) is 5.75 Å². The van der Waals surface area contributed by atoms with Gasteiger partial charge in [0.25, 0.3) is 0 Å². The molecular formula is C33H38N2O5S2. The van der Waals surface area contributed by atoms with Crippen molar-refractivity contribution < 1.29 is 22.4 Å². The largest absolute Gasteiger partial charge is 0.744 e. The van der Waals surface area contributed by atoms with E-state index in [1.54, 1.807) is 12.1 Å². The fraction of sp³-hybridized carbons (Fsp3) is 0.273. The molecule has 0 radical (unpaired) electrons. The first-order valence-corrected chi connectivity index (χ1v) is 16.3. The highest BCUT2D eigenvalue weighted by molar-refractivity contribution is 7.97. The molecule has 0 N–H and O–H groups in total. The molecule has 1 aliphatic rings. The number of benzene rings is 4. The summed E-state index contributed by atoms with van der Waals surface area (Å²) in [5, 5.41) is 0. The Hall–Kier alpha value is -3.50. The molecule has 4 aromatic rings. The van der Waals surface area contributed by atoms with Gasteiger partial charge in [-0.3, -0.25) is 0 Å². The van der Waals surface area contributed by atoms with Gasteiger partial charge in [0, 0.05) is 58.1 Å². The van der Waals surface area contributed by atoms with Crippen LogP contribution in [-0.4, -0.2) is 60.5 Å². The average molecular weight is 607 g/mol. The van der Waals surface area contributed by atoms with E-state index in [9.17, 15) is 13.0 Å². The smallest absolute Gasteiger partial charge is 0.208 e. The monoisotopic (exact) mass is 606 g/mol. The maximum atomic E-state index is 10.4. The second-order valence-corrected chi connectivity index (χ2v) is 13.8. The number of hydrogen-bond donors (Lipinski definition) is 0. The maximum Gasteiger partial charge on any atom is 0.208 e. The molecular weight excluding hydrogens is 569 g/mol. The number of para-hydroxylation sites is 1. The molecule has 0 aromatic heterocycles. The van der Waals surface area contributed by atoms with Gasteiger partial charge in [0.05, 0.1) is 18.1 Å². The number of rotatable bonds is 8. The Balaban J connectivity index is 0.000000310. The van der Waals surface area contributed by atoms with Crippen molar-refractivity contribution in [2.45, 2.75) is 39.0 Å². The normalized spacial score (nSPS) is 14.7. The van der Waals surface area contributed by atoms with E-state index in [0.717, 1.165) is 24.3 Å². The Kier molecular flexibility index (Phi) is 10.6. The van der Waals surface area contributed by atoms with Crippen LogP contribution in [0.25, 0.3) is 0 Å². The summed E-state index contributed by atoms with van der Waals surface area (Å²) in [6.07, 6.45) is 1.06. The van der Waals surface area contributed by atoms with Crippen molar-refractivity contribution in [3.63, 3.8) is 0 Å². The molecule has 0 saturated carbocycles. The lowest BCUT2D eigenvalue weighted by Crippen LogP contribution is -2.18. The lowest BCUT2D eigenvalue weighted by atomic mass is 10.2. The van der Waals surface area contributed by atoms with Crippen LogP contribution >= 0.6 is 0 Å². The van der Waals surface area contributed by atoms with Gasteiger partial charge in [-0.2, -0.15) is 0 Å². The third-order valence-electron chi connectivity index (χ3n) is 6.70. The predicted octanol–water partition coefficient (Wildman–Crippen LogP) is 5.98. The fourth-order valence-corrected chi connectivity index (χ4v) is 7.06. The lowest BCUT2D eigenvalue weighted by Gasteiger charge is -2.18. The van der Waals surface area contributed by atoms with E-state index in [0.29, 0.717) is 6.61 Å². The van der Waals surface area contributed by atoms with Gasteiger partial charge >= 0.3 is 0 Å². The molecule has 1 heterocycles. The molecule has 4 aromatic carbocycles. The van der Waals surface area contributed by atoms with Crippen LogP contribution in [0.4, 0.5) is 11.4 Å². The summed E-state index contributed by atoms with van der Waals surface area (Å²) in [5.41, 5.74) is 3.32. The molecule has 1 saturated heterocycles. The zero-order valence-electron chi connectivity index (χ0n) is 24.7. The first-order chi connectivity index (χ1) is 20.0. The molecule has 7 nitrogen and oxygen atoms in total. The number of nitrogens with zero attached hydrogens (tertiary/aromatic N) is 2. The van der Waals surface area contributed by atoms with E-state index >= 15 is 0 Å². The summed E-state index contributed by atoms with van der Waals surface area (Å²) in [7, 11) is 3.77. The molecule has 222 valence electrons. The number of aryl methyl sites for hydroxylation is 1. The molecule has 9 heteroatoms. The Morgan fingerprint density at radius 1 is 0.810 bits per heavy atom. The Labute approximate surface area is 252 Å². The number of anilines is 2. The third kappa shape index (κ3) is 8.29. The van der Waals surface area contributed by atoms with Crippen LogP contribution in [0.3, 0.4) is 0 Å². The van der Waals surface area contributed by atoms with Gasteiger partial charge in [-0.15, -0.1) is 0 Å². The van der Waals surface area contributed by atoms with Crippen molar-refractivity contribution in [2.75, 3.05) is 51.2 Å². The second-order valence-electron chi connectivity index (χ2n) is 10.4. The van der Waals surface area contributed by atoms with Crippen LogP contribution in [-0.2, 0) is 25.7 Å². The molecule has 1 atom stereocenters. The highest BCUT2D eigenvalue weighted by Crippen LogP contribution is 2.39. The van der Waals surface area contributed by atoms with Gasteiger partial charge in [-0.1, -0.05) is 42.0 Å². The molecule has 0 bridgehead atoms. The lowest BCUT2D eigenvalue weighted by molar-refractivity contribution is 0.139. The van der Waals surface area contributed by atoms with Gasteiger partial charge in [-0.25, -0.2) is 8.42 Å². The molecule has 1 aliphatic heterocycles. The van der Waals surface area contributed by atoms with E-state index in [1.807, 2.05) is 6.92 Å². The minimum atomic E-state index is -4.27. The highest BCUT2D eigenvalue weighted by atomic mass is 32.2. The zero-order chi connectivity index (χ0) is 30.3. The fourth-order valence-electron chi connectivity index (χ4n) is 4.37. The van der Waals surface area contributed by atoms with Crippen molar-refractivity contribution in [1.82, 2.24) is 0 Å². The maximum absolute atomic E-state index is 10.4. The Morgan fingerprint density at radius 3 is 1.88 bits per heavy atom. The van der Waals surface area contributed by atoms with Crippen LogP contribution in [0.1, 0.15) is 12.0 Å². The molecule has 0 amide bonds. The van der Waals surface area contributed by atoms with E-state index in [4.69, 9.17) is 9.47 Å². The summed E-state index contributed by atoms with van der Waals surface area (Å²) >= 11 is 0. The summed E-state index contributed by atoms with van der Waals surface area (Å²) in [4.78, 5) is 7.89. The van der Waals surface area contributed by atoms with E-state index < -0.39 is 10.1 Å². The molecule has 0 spiro atoms. The van der Waals surface area contributed by atoms with Crippen LogP contribution in [0.2, 0.25) is 0 Å². The average Bonchev–Trinajstić information content (AvgIpc) is 3.48. The minimum absolute atomic E-state index is 0.118. The summed E-state index contributed by atoms with van der Waals surface area (Å²) in [5.74, 6) is 0.951. The van der Waals surface area contributed by atoms with E-state index in [-0.39, 0.29) is 21.9 Å². The van der Waals surface area contributed by atoms with Crippen molar-refractivity contribution in [1.29, 1.82) is 0 Å². The van der Waals surface area contributed by atoms with Gasteiger partial charge in [0.1, 0.15) is 27.1 Å². The summed E-state index contributed by atoms with van der Waals surface area (Å²) < 4.78 is 43.2.